The van der Waals surface area contributed by atoms with Crippen molar-refractivity contribution < 1.29 is 19.2 Å². The highest BCUT2D eigenvalue weighted by atomic mass is 35.5. The SMILES string of the molecule is CN(C)C(=O)c1nc(CN2C(=O)c3ccccc3C2=O)n(-c2ccc(Cl)cc2C(=O)c2ccccc2)n1. The highest BCUT2D eigenvalue weighted by molar-refractivity contribution is 6.31. The second kappa shape index (κ2) is 9.44. The van der Waals surface area contributed by atoms with Crippen LogP contribution in [-0.2, 0) is 6.54 Å². The van der Waals surface area contributed by atoms with Crippen molar-refractivity contribution in [1.82, 2.24) is 24.6 Å². The summed E-state index contributed by atoms with van der Waals surface area (Å²) in [6.07, 6.45) is 0. The second-order valence-electron chi connectivity index (χ2n) is 8.56. The fraction of sp³-hybridized carbons (Fsp3) is 0.111. The van der Waals surface area contributed by atoms with Gasteiger partial charge < -0.3 is 4.90 Å². The number of benzene rings is 3. The Balaban J connectivity index is 1.63. The third-order valence-electron chi connectivity index (χ3n) is 5.92. The lowest BCUT2D eigenvalue weighted by Gasteiger charge is -2.15. The maximum atomic E-state index is 13.4. The summed E-state index contributed by atoms with van der Waals surface area (Å²) in [7, 11) is 3.11. The molecule has 0 spiro atoms. The first-order valence-electron chi connectivity index (χ1n) is 11.3. The van der Waals surface area contributed by atoms with Crippen molar-refractivity contribution in [2.75, 3.05) is 14.1 Å². The van der Waals surface area contributed by atoms with E-state index in [0.717, 1.165) is 4.90 Å². The molecule has 1 aliphatic heterocycles. The zero-order valence-corrected chi connectivity index (χ0v) is 20.6. The zero-order valence-electron chi connectivity index (χ0n) is 19.9. The van der Waals surface area contributed by atoms with Crippen LogP contribution in [0.2, 0.25) is 5.02 Å². The zero-order chi connectivity index (χ0) is 26.3. The molecule has 1 aromatic heterocycles. The molecule has 0 unspecified atom stereocenters. The average molecular weight is 514 g/mol. The van der Waals surface area contributed by atoms with Crippen molar-refractivity contribution >= 4 is 35.1 Å². The van der Waals surface area contributed by atoms with Crippen LogP contribution in [0.25, 0.3) is 5.69 Å². The molecule has 37 heavy (non-hydrogen) atoms. The van der Waals surface area contributed by atoms with Crippen LogP contribution in [-0.4, -0.2) is 62.2 Å². The Labute approximate surface area is 216 Å². The number of ketones is 1. The fourth-order valence-corrected chi connectivity index (χ4v) is 4.25. The Bertz CT molecular complexity index is 1540. The maximum absolute atomic E-state index is 13.4. The van der Waals surface area contributed by atoms with Gasteiger partial charge in [-0.25, -0.2) is 9.67 Å². The number of halogens is 1. The van der Waals surface area contributed by atoms with Crippen molar-refractivity contribution in [1.29, 1.82) is 0 Å². The van der Waals surface area contributed by atoms with E-state index in [9.17, 15) is 19.2 Å². The van der Waals surface area contributed by atoms with Crippen molar-refractivity contribution in [3.63, 3.8) is 0 Å². The smallest absolute Gasteiger partial charge is 0.293 e. The average Bonchev–Trinajstić information content (AvgIpc) is 3.43. The van der Waals surface area contributed by atoms with Crippen LogP contribution in [0.1, 0.15) is 53.1 Å². The fourth-order valence-electron chi connectivity index (χ4n) is 4.07. The number of fused-ring (bicyclic) bond motifs is 1. The van der Waals surface area contributed by atoms with Crippen LogP contribution in [0.3, 0.4) is 0 Å². The summed E-state index contributed by atoms with van der Waals surface area (Å²) < 4.78 is 1.31. The summed E-state index contributed by atoms with van der Waals surface area (Å²) in [5.74, 6) is -1.78. The minimum atomic E-state index is -0.479. The first-order chi connectivity index (χ1) is 17.8. The van der Waals surface area contributed by atoms with Gasteiger partial charge in [-0.2, -0.15) is 0 Å². The predicted octanol–water partition coefficient (Wildman–Crippen LogP) is 3.65. The van der Waals surface area contributed by atoms with Crippen molar-refractivity contribution in [3.05, 3.63) is 112 Å². The van der Waals surface area contributed by atoms with E-state index < -0.39 is 17.7 Å². The standard InChI is InChI=1S/C27H20ClN5O4/c1-31(2)27(37)24-29-22(15-32-25(35)18-10-6-7-11-19(18)26(32)36)33(30-24)21-13-12-17(28)14-20(21)23(34)16-8-4-3-5-9-16/h3-14H,15H2,1-2H3. The molecule has 1 aliphatic rings. The molecule has 184 valence electrons. The Morgan fingerprint density at radius 1 is 0.892 bits per heavy atom. The van der Waals surface area contributed by atoms with Gasteiger partial charge in [0.1, 0.15) is 0 Å². The molecule has 0 bridgehead atoms. The number of hydrogen-bond donors (Lipinski definition) is 0. The van der Waals surface area contributed by atoms with Gasteiger partial charge in [-0.15, -0.1) is 5.10 Å². The topological polar surface area (TPSA) is 105 Å². The Hall–Kier alpha value is -4.63. The highest BCUT2D eigenvalue weighted by Gasteiger charge is 2.37. The molecule has 9 nitrogen and oxygen atoms in total. The van der Waals surface area contributed by atoms with E-state index in [2.05, 4.69) is 10.1 Å². The molecule has 0 saturated heterocycles. The van der Waals surface area contributed by atoms with E-state index >= 15 is 0 Å². The van der Waals surface area contributed by atoms with Crippen LogP contribution < -0.4 is 0 Å². The quantitative estimate of drug-likeness (QED) is 0.288. The molecule has 0 aliphatic carbocycles. The number of aromatic nitrogens is 3. The van der Waals surface area contributed by atoms with E-state index in [1.807, 2.05) is 0 Å². The highest BCUT2D eigenvalue weighted by Crippen LogP contribution is 2.27. The molecular formula is C27H20ClN5O4. The summed E-state index contributed by atoms with van der Waals surface area (Å²) >= 11 is 6.24. The van der Waals surface area contributed by atoms with Crippen molar-refractivity contribution in [3.8, 4) is 5.69 Å². The molecular weight excluding hydrogens is 494 g/mol. The molecule has 3 aromatic carbocycles. The van der Waals surface area contributed by atoms with Gasteiger partial charge in [0.15, 0.2) is 11.6 Å². The number of hydrogen-bond acceptors (Lipinski definition) is 6. The van der Waals surface area contributed by atoms with Crippen LogP contribution in [0.5, 0.6) is 0 Å². The van der Waals surface area contributed by atoms with E-state index in [4.69, 9.17) is 11.6 Å². The van der Waals surface area contributed by atoms with E-state index in [-0.39, 0.29) is 40.7 Å². The van der Waals surface area contributed by atoms with Gasteiger partial charge in [-0.3, -0.25) is 24.1 Å². The Kier molecular flexibility index (Phi) is 6.14. The van der Waals surface area contributed by atoms with Crippen LogP contribution in [0.15, 0.2) is 72.8 Å². The van der Waals surface area contributed by atoms with E-state index in [0.29, 0.717) is 16.3 Å². The number of nitrogens with zero attached hydrogens (tertiary/aromatic N) is 5. The molecule has 3 amide bonds. The molecule has 10 heteroatoms. The largest absolute Gasteiger partial charge is 0.342 e. The lowest BCUT2D eigenvalue weighted by atomic mass is 10.0. The van der Waals surface area contributed by atoms with Gasteiger partial charge >= 0.3 is 0 Å². The number of imide groups is 1. The minimum Gasteiger partial charge on any atom is -0.342 e. The van der Waals surface area contributed by atoms with Gasteiger partial charge in [0.25, 0.3) is 17.7 Å². The first kappa shape index (κ1) is 24.1. The molecule has 0 saturated carbocycles. The maximum Gasteiger partial charge on any atom is 0.293 e. The van der Waals surface area contributed by atoms with Gasteiger partial charge in [0.05, 0.1) is 23.4 Å². The summed E-state index contributed by atoms with van der Waals surface area (Å²) in [6, 6.07) is 19.8. The molecule has 0 atom stereocenters. The van der Waals surface area contributed by atoms with Crippen LogP contribution >= 0.6 is 11.6 Å². The summed E-state index contributed by atoms with van der Waals surface area (Å²) in [5, 5.41) is 4.71. The number of amides is 3. The molecule has 0 N–H and O–H groups in total. The molecule has 4 aromatic rings. The van der Waals surface area contributed by atoms with Crippen molar-refractivity contribution in [2.24, 2.45) is 0 Å². The third kappa shape index (κ3) is 4.30. The van der Waals surface area contributed by atoms with Crippen LogP contribution in [0.4, 0.5) is 0 Å². The number of carbonyl (C=O) groups is 4. The Morgan fingerprint density at radius 2 is 1.51 bits per heavy atom. The lowest BCUT2D eigenvalue weighted by molar-refractivity contribution is 0.0636. The number of carbonyl (C=O) groups excluding carboxylic acids is 4. The van der Waals surface area contributed by atoms with Crippen molar-refractivity contribution in [2.45, 2.75) is 6.54 Å². The first-order valence-corrected chi connectivity index (χ1v) is 11.7. The molecule has 0 radical (unpaired) electrons. The minimum absolute atomic E-state index is 0.129. The van der Waals surface area contributed by atoms with E-state index in [1.54, 1.807) is 80.8 Å². The normalized spacial score (nSPS) is 12.6. The summed E-state index contributed by atoms with van der Waals surface area (Å²) in [5.41, 5.74) is 1.52. The predicted molar refractivity (Wildman–Crippen MR) is 135 cm³/mol. The molecule has 5 rings (SSSR count). The lowest BCUT2D eigenvalue weighted by Crippen LogP contribution is -2.30. The van der Waals surface area contributed by atoms with Gasteiger partial charge in [-0.1, -0.05) is 54.1 Å². The summed E-state index contributed by atoms with van der Waals surface area (Å²) in [6.45, 7) is -0.262. The van der Waals surface area contributed by atoms with Gasteiger partial charge in [0, 0.05) is 30.2 Å². The number of rotatable bonds is 6. The molecule has 0 fully saturated rings. The van der Waals surface area contributed by atoms with Gasteiger partial charge in [-0.05, 0) is 30.3 Å². The monoisotopic (exact) mass is 513 g/mol. The third-order valence-corrected chi connectivity index (χ3v) is 6.15. The van der Waals surface area contributed by atoms with Gasteiger partial charge in [0.2, 0.25) is 5.82 Å². The second-order valence-corrected chi connectivity index (χ2v) is 9.00. The summed E-state index contributed by atoms with van der Waals surface area (Å²) in [4.78, 5) is 58.9. The Morgan fingerprint density at radius 3 is 2.14 bits per heavy atom. The molecule has 2 heterocycles. The van der Waals surface area contributed by atoms with Crippen LogP contribution in [0, 0.1) is 0 Å². The van der Waals surface area contributed by atoms with E-state index in [1.165, 1.54) is 15.6 Å².